The lowest BCUT2D eigenvalue weighted by Crippen LogP contribution is -2.29. The summed E-state index contributed by atoms with van der Waals surface area (Å²) in [7, 11) is 0. The van der Waals surface area contributed by atoms with E-state index in [2.05, 4.69) is 200 Å². The summed E-state index contributed by atoms with van der Waals surface area (Å²) in [6, 6.07) is 64.8. The van der Waals surface area contributed by atoms with E-state index in [1.54, 1.807) is 34.8 Å². The minimum Gasteiger partial charge on any atom is -0.493 e. The standard InChI is InChI=1S/C98H98N4O6S2/c1-10-18-26-63(14-5)59-105-72-42-34-68(35-43-72)97(69-36-44-73(45-37-69)106-60-64(15-6)27-19-11-2)88-55-83-85-51-77(53-87-92(90(58-101)102-9)79-31-23-25-33-81(79)94(87)104)110-96(85)98(70-38-46-74(47-39-70)107-61-65(16-7)28-20-12-3,71-40-48-75(49-41-71)108-62-66(17-8)29-21-13-4)89(83)54-82(88)84-50-76(109-95(84)97)52-86-91(67(56-99)57-100)78-30-22-24-32-80(78)93(86)103/h22-25,30-55,63-66H,10-21,26-29,59-62H2,1-8H3/b86-52-,87-53-,92-90?. The smallest absolute Gasteiger partial charge is 0.270 e. The van der Waals surface area contributed by atoms with E-state index in [-0.39, 0.29) is 28.4 Å². The molecule has 0 radical (unpaired) electrons. The average molecular weight is 1490 g/mol. The molecule has 13 rings (SSSR count). The quantitative estimate of drug-likeness (QED) is 0.0218. The zero-order valence-electron chi connectivity index (χ0n) is 64.8. The molecule has 558 valence electrons. The molecule has 2 aromatic heterocycles. The molecule has 110 heavy (non-hydrogen) atoms. The lowest BCUT2D eigenvalue weighted by molar-refractivity contribution is 0.103. The SMILES string of the molecule is [C-]#[N+]C(C#N)=C1/C(=C/c2cc3c(s2)C(c2ccc(OCC(CC)CCCC)cc2)(c2ccc(OCC(CC)CCCC)cc2)c2cc4c(cc2-3)C(c2ccc(OCC(CC)CCCC)cc2)(c2ccc(OCC(CC)CCCC)cc2)c2sc(/C=C3\C(=O)c5ccccc5C3=C(C#N)C#N)cc2-4)C(=O)c2ccccc21. The molecule has 12 heteroatoms. The molecular weight excluding hydrogens is 1390 g/mol. The van der Waals surface area contributed by atoms with E-state index >= 15 is 0 Å². The molecule has 0 N–H and O–H groups in total. The minimum atomic E-state index is -1.05. The third-order valence-electron chi connectivity index (χ3n) is 23.4. The Balaban J connectivity index is 1.10. The summed E-state index contributed by atoms with van der Waals surface area (Å²) in [5, 5.41) is 31.9. The maximum absolute atomic E-state index is 15.0. The Bertz CT molecular complexity index is 4710. The minimum absolute atomic E-state index is 0.131. The number of fused-ring (bicyclic) bond motifs is 8. The maximum Gasteiger partial charge on any atom is 0.270 e. The Hall–Kier alpha value is -10.6. The Kier molecular flexibility index (Phi) is 24.7. The summed E-state index contributed by atoms with van der Waals surface area (Å²) in [6.45, 7) is 28.6. The molecule has 7 aromatic carbocycles. The molecule has 0 spiro atoms. The second kappa shape index (κ2) is 35.0. The first-order valence-electron chi connectivity index (χ1n) is 40.0. The first-order valence-corrected chi connectivity index (χ1v) is 41.7. The highest BCUT2D eigenvalue weighted by molar-refractivity contribution is 7.14. The summed E-state index contributed by atoms with van der Waals surface area (Å²) in [5.74, 6) is 4.23. The van der Waals surface area contributed by atoms with E-state index in [1.165, 1.54) is 0 Å². The highest BCUT2D eigenvalue weighted by atomic mass is 32.1. The number of allylic oxidation sites excluding steroid dienone is 6. The van der Waals surface area contributed by atoms with Crippen LogP contribution in [0.3, 0.4) is 0 Å². The van der Waals surface area contributed by atoms with Gasteiger partial charge < -0.3 is 18.9 Å². The molecule has 2 heterocycles. The number of ether oxygens (including phenoxy) is 4. The van der Waals surface area contributed by atoms with Crippen LogP contribution >= 0.6 is 22.7 Å². The third kappa shape index (κ3) is 14.8. The molecule has 4 aliphatic carbocycles. The highest BCUT2D eigenvalue weighted by Gasteiger charge is 2.54. The van der Waals surface area contributed by atoms with Crippen molar-refractivity contribution in [3.05, 3.63) is 279 Å². The van der Waals surface area contributed by atoms with E-state index in [1.807, 2.05) is 48.6 Å². The van der Waals surface area contributed by atoms with E-state index < -0.39 is 10.8 Å². The molecule has 0 fully saturated rings. The molecular formula is C98H98N4O6S2. The number of carbonyl (C=O) groups is 2. The lowest BCUT2D eigenvalue weighted by Gasteiger charge is -2.35. The van der Waals surface area contributed by atoms with Crippen molar-refractivity contribution < 1.29 is 28.5 Å². The third-order valence-corrected chi connectivity index (χ3v) is 25.8. The summed E-state index contributed by atoms with van der Waals surface area (Å²) >= 11 is 3.21. The number of nitriles is 3. The van der Waals surface area contributed by atoms with Crippen molar-refractivity contribution in [2.24, 2.45) is 23.7 Å². The second-order valence-electron chi connectivity index (χ2n) is 30.0. The van der Waals surface area contributed by atoms with E-state index in [9.17, 15) is 25.4 Å². The maximum atomic E-state index is 15.0. The van der Waals surface area contributed by atoms with Crippen LogP contribution in [0.5, 0.6) is 23.0 Å². The molecule has 0 bridgehead atoms. The topological polar surface area (TPSA) is 147 Å². The number of ketones is 2. The number of Topliss-reactive ketones (excluding diaryl/α,β-unsaturated/α-hetero) is 2. The number of unbranched alkanes of at least 4 members (excludes halogenated alkanes) is 4. The van der Waals surface area contributed by atoms with Gasteiger partial charge in [0.05, 0.1) is 49.9 Å². The van der Waals surface area contributed by atoms with E-state index in [0.717, 1.165) is 201 Å². The predicted octanol–water partition coefficient (Wildman–Crippen LogP) is 25.4. The van der Waals surface area contributed by atoms with Gasteiger partial charge in [0.1, 0.15) is 40.7 Å². The number of carbonyl (C=O) groups excluding carboxylic acids is 2. The first-order chi connectivity index (χ1) is 53.8. The Morgan fingerprint density at radius 2 is 0.718 bits per heavy atom. The van der Waals surface area contributed by atoms with Gasteiger partial charge >= 0.3 is 0 Å². The van der Waals surface area contributed by atoms with Crippen LogP contribution in [0.2, 0.25) is 0 Å². The zero-order valence-corrected chi connectivity index (χ0v) is 66.5. The zero-order chi connectivity index (χ0) is 77.1. The second-order valence-corrected chi connectivity index (χ2v) is 32.2. The summed E-state index contributed by atoms with van der Waals surface area (Å²) in [4.78, 5) is 37.3. The number of benzene rings is 7. The van der Waals surface area contributed by atoms with E-state index in [4.69, 9.17) is 25.5 Å². The molecule has 0 saturated carbocycles. The molecule has 4 aliphatic rings. The van der Waals surface area contributed by atoms with Gasteiger partial charge in [-0.2, -0.15) is 10.5 Å². The normalized spacial score (nSPS) is 17.9. The number of hydrogen-bond acceptors (Lipinski definition) is 11. The van der Waals surface area contributed by atoms with E-state index in [0.29, 0.717) is 89.1 Å². The van der Waals surface area contributed by atoms with Crippen LogP contribution in [0.15, 0.2) is 192 Å². The monoisotopic (exact) mass is 1490 g/mol. The molecule has 0 aliphatic heterocycles. The molecule has 4 atom stereocenters. The van der Waals surface area contributed by atoms with Gasteiger partial charge in [-0.05, 0) is 201 Å². The van der Waals surface area contributed by atoms with Crippen molar-refractivity contribution >= 4 is 57.5 Å². The van der Waals surface area contributed by atoms with Crippen LogP contribution in [-0.2, 0) is 10.8 Å². The van der Waals surface area contributed by atoms with Crippen LogP contribution in [0, 0.1) is 64.2 Å². The fourth-order valence-electron chi connectivity index (χ4n) is 16.9. The van der Waals surface area contributed by atoms with Crippen LogP contribution in [0.1, 0.15) is 243 Å². The van der Waals surface area contributed by atoms with Crippen LogP contribution in [0.4, 0.5) is 0 Å². The van der Waals surface area contributed by atoms with Gasteiger partial charge in [-0.25, -0.2) is 10.1 Å². The molecule has 9 aromatic rings. The van der Waals surface area contributed by atoms with Gasteiger partial charge in [0.15, 0.2) is 11.6 Å². The van der Waals surface area contributed by atoms with Gasteiger partial charge in [0.2, 0.25) is 0 Å². The Labute approximate surface area is 658 Å². The van der Waals surface area contributed by atoms with Gasteiger partial charge in [0, 0.05) is 52.9 Å². The molecule has 4 unspecified atom stereocenters. The van der Waals surface area contributed by atoms with Gasteiger partial charge in [0.25, 0.3) is 5.70 Å². The average Bonchev–Trinajstić information content (AvgIpc) is 1.50. The van der Waals surface area contributed by atoms with Crippen LogP contribution < -0.4 is 18.9 Å². The Morgan fingerprint density at radius 1 is 0.409 bits per heavy atom. The fraction of sp³-hybridized carbons (Fsp3) is 0.347. The largest absolute Gasteiger partial charge is 0.493 e. The van der Waals surface area contributed by atoms with Gasteiger partial charge in [-0.15, -0.1) is 22.7 Å². The van der Waals surface area contributed by atoms with Crippen molar-refractivity contribution in [1.29, 1.82) is 15.8 Å². The summed E-state index contributed by atoms with van der Waals surface area (Å²) in [6.07, 6.45) is 21.2. The van der Waals surface area contributed by atoms with Crippen molar-refractivity contribution in [3.63, 3.8) is 0 Å². The molecule has 0 saturated heterocycles. The number of thiophene rings is 2. The summed E-state index contributed by atoms with van der Waals surface area (Å²) < 4.78 is 27.0. The van der Waals surface area contributed by atoms with Crippen molar-refractivity contribution in [2.75, 3.05) is 26.4 Å². The van der Waals surface area contributed by atoms with Crippen molar-refractivity contribution in [1.82, 2.24) is 0 Å². The molecule has 10 nitrogen and oxygen atoms in total. The Morgan fingerprint density at radius 3 is 1.01 bits per heavy atom. The lowest BCUT2D eigenvalue weighted by atomic mass is 9.68. The molecule has 0 amide bonds. The van der Waals surface area contributed by atoms with Crippen LogP contribution in [0.25, 0.3) is 50.4 Å². The van der Waals surface area contributed by atoms with Crippen LogP contribution in [-0.4, -0.2) is 38.0 Å². The number of nitrogens with zero attached hydrogens (tertiary/aromatic N) is 4. The van der Waals surface area contributed by atoms with Crippen molar-refractivity contribution in [2.45, 2.75) is 169 Å². The predicted molar refractivity (Wildman–Crippen MR) is 447 cm³/mol. The number of hydrogen-bond donors (Lipinski definition) is 0. The summed E-state index contributed by atoms with van der Waals surface area (Å²) in [5.41, 5.74) is 10.8. The fourth-order valence-corrected chi connectivity index (χ4v) is 19.7. The first kappa shape index (κ1) is 77.6. The number of rotatable bonds is 34. The van der Waals surface area contributed by atoms with Crippen molar-refractivity contribution in [3.8, 4) is 63.5 Å². The van der Waals surface area contributed by atoms with Gasteiger partial charge in [-0.1, -0.05) is 230 Å². The highest BCUT2D eigenvalue weighted by Crippen LogP contribution is 2.66. The van der Waals surface area contributed by atoms with Gasteiger partial charge in [-0.3, -0.25) is 9.59 Å².